The lowest BCUT2D eigenvalue weighted by Gasteiger charge is -2.29. The summed E-state index contributed by atoms with van der Waals surface area (Å²) in [6.45, 7) is 13.0. The van der Waals surface area contributed by atoms with Gasteiger partial charge in [-0.3, -0.25) is 14.6 Å². The number of alkyl carbamates (subject to hydrolysis) is 2. The molecule has 0 aliphatic carbocycles. The van der Waals surface area contributed by atoms with Crippen molar-refractivity contribution < 1.29 is 28.7 Å². The van der Waals surface area contributed by atoms with Gasteiger partial charge in [-0.05, 0) is 84.5 Å². The summed E-state index contributed by atoms with van der Waals surface area (Å²) in [7, 11) is 2.54. The standard InChI is InChI=1S/C42H47N9O6.C3H8.C2H6/c1-24(2)38(50-42(55)57-4)40(53)51-17-7-8-35(51)39-48-31-15-13-28(21-34(31)49-39)32-19-27-11-10-25(18-29(27)22-44-32)26-12-14-30-33(20-26)47-36(46-30)9-5-6-16-43-37(52)23-45-41(54)56-3;1-3-2;1-2/h10-15,18-22,24,35,38H,5-9,16-17,23H2,1-4H3,(H,43,52)(H,45,54)(H,46,47)(H,48,49)(H,50,55);3H2,1-2H3;1-2H3. The van der Waals surface area contributed by atoms with Crippen LogP contribution in [-0.2, 0) is 25.5 Å². The number of aromatic amines is 2. The Bertz CT molecular complexity index is 2460. The van der Waals surface area contributed by atoms with E-state index in [0.717, 1.165) is 99.0 Å². The monoisotopic (exact) mass is 847 g/mol. The lowest BCUT2D eigenvalue weighted by atomic mass is 10.0. The molecule has 0 radical (unpaired) electrons. The van der Waals surface area contributed by atoms with E-state index < -0.39 is 18.2 Å². The van der Waals surface area contributed by atoms with Gasteiger partial charge >= 0.3 is 12.2 Å². The van der Waals surface area contributed by atoms with E-state index in [1.165, 1.54) is 20.6 Å². The predicted molar refractivity (Wildman–Crippen MR) is 243 cm³/mol. The number of amides is 4. The maximum atomic E-state index is 13.6. The number of rotatable bonds is 13. The number of benzene rings is 3. The van der Waals surface area contributed by atoms with Gasteiger partial charge in [0.15, 0.2) is 0 Å². The molecule has 3 aromatic carbocycles. The van der Waals surface area contributed by atoms with Gasteiger partial charge in [0.25, 0.3) is 0 Å². The van der Waals surface area contributed by atoms with Crippen molar-refractivity contribution in [2.75, 3.05) is 33.9 Å². The van der Waals surface area contributed by atoms with Crippen molar-refractivity contribution in [3.05, 3.63) is 78.5 Å². The zero-order valence-corrected chi connectivity index (χ0v) is 37.2. The minimum atomic E-state index is -0.694. The summed E-state index contributed by atoms with van der Waals surface area (Å²) in [5.74, 6) is 1.10. The highest BCUT2D eigenvalue weighted by Crippen LogP contribution is 2.34. The average molecular weight is 848 g/mol. The van der Waals surface area contributed by atoms with E-state index in [2.05, 4.69) is 80.9 Å². The van der Waals surface area contributed by atoms with Crippen molar-refractivity contribution in [3.63, 3.8) is 0 Å². The highest BCUT2D eigenvalue weighted by Gasteiger charge is 2.37. The van der Waals surface area contributed by atoms with E-state index >= 15 is 0 Å². The number of carbonyl (C=O) groups excluding carboxylic acids is 4. The van der Waals surface area contributed by atoms with Crippen LogP contribution in [-0.4, -0.2) is 93.7 Å². The number of fused-ring (bicyclic) bond motifs is 3. The number of imidazole rings is 2. The zero-order valence-electron chi connectivity index (χ0n) is 37.2. The van der Waals surface area contributed by atoms with Gasteiger partial charge in [0.1, 0.15) is 17.7 Å². The van der Waals surface area contributed by atoms with Crippen LogP contribution >= 0.6 is 0 Å². The Kier molecular flexibility index (Phi) is 16.8. The number of H-pyrrole nitrogens is 2. The van der Waals surface area contributed by atoms with Gasteiger partial charge in [-0.15, -0.1) is 0 Å². The molecule has 7 rings (SSSR count). The number of nitrogens with zero attached hydrogens (tertiary/aromatic N) is 4. The fourth-order valence-electron chi connectivity index (χ4n) is 7.31. The highest BCUT2D eigenvalue weighted by atomic mass is 16.5. The number of carbonyl (C=O) groups is 4. The first kappa shape index (κ1) is 46.6. The first-order valence-electron chi connectivity index (χ1n) is 21.6. The Hall–Kier alpha value is -6.51. The molecule has 3 aromatic heterocycles. The zero-order chi connectivity index (χ0) is 44.8. The molecule has 6 aromatic rings. The predicted octanol–water partition coefficient (Wildman–Crippen LogP) is 8.60. The first-order valence-corrected chi connectivity index (χ1v) is 21.6. The number of hydrogen-bond donors (Lipinski definition) is 5. The molecule has 15 nitrogen and oxygen atoms in total. The van der Waals surface area contributed by atoms with Gasteiger partial charge in [0, 0.05) is 36.7 Å². The molecule has 1 aliphatic rings. The second kappa shape index (κ2) is 22.4. The fourth-order valence-corrected chi connectivity index (χ4v) is 7.31. The SMILES string of the molecule is CC.CCC.COC(=O)NCC(=O)NCCCCc1nc2ccc(-c3ccc4cc(-c5ccc6nc(C7CCCN7C(=O)C(NC(=O)OC)C(C)C)[nH]c6c5)ncc4c3)cc2[nH]1. The van der Waals surface area contributed by atoms with E-state index in [0.29, 0.717) is 13.1 Å². The summed E-state index contributed by atoms with van der Waals surface area (Å²) in [4.78, 5) is 71.7. The van der Waals surface area contributed by atoms with Crippen LogP contribution in [0, 0.1) is 5.92 Å². The first-order chi connectivity index (χ1) is 30.0. The van der Waals surface area contributed by atoms with E-state index in [4.69, 9.17) is 19.7 Å². The van der Waals surface area contributed by atoms with E-state index in [9.17, 15) is 19.2 Å². The van der Waals surface area contributed by atoms with Crippen molar-refractivity contribution in [1.82, 2.24) is 45.8 Å². The van der Waals surface area contributed by atoms with Crippen LogP contribution < -0.4 is 16.0 Å². The van der Waals surface area contributed by atoms with Gasteiger partial charge < -0.3 is 40.3 Å². The van der Waals surface area contributed by atoms with Crippen LogP contribution in [0.4, 0.5) is 9.59 Å². The van der Waals surface area contributed by atoms with Crippen LogP contribution in [0.5, 0.6) is 0 Å². The summed E-state index contributed by atoms with van der Waals surface area (Å²) < 4.78 is 9.24. The quantitative estimate of drug-likeness (QED) is 0.0707. The number of methoxy groups -OCH3 is 2. The van der Waals surface area contributed by atoms with E-state index in [1.807, 2.05) is 63.1 Å². The van der Waals surface area contributed by atoms with Crippen molar-refractivity contribution >= 4 is 56.8 Å². The fraction of sp³-hybridized carbons (Fsp3) is 0.426. The topological polar surface area (TPSA) is 196 Å². The molecule has 2 unspecified atom stereocenters. The van der Waals surface area contributed by atoms with Crippen molar-refractivity contribution in [2.45, 2.75) is 92.2 Å². The third-order valence-corrected chi connectivity index (χ3v) is 10.4. The van der Waals surface area contributed by atoms with Gasteiger partial charge in [-0.2, -0.15) is 0 Å². The van der Waals surface area contributed by atoms with Crippen molar-refractivity contribution in [1.29, 1.82) is 0 Å². The summed E-state index contributed by atoms with van der Waals surface area (Å²) in [6.07, 6.45) is 5.87. The van der Waals surface area contributed by atoms with Crippen LogP contribution in [0.1, 0.15) is 91.3 Å². The van der Waals surface area contributed by atoms with Gasteiger partial charge in [0.05, 0.1) is 54.6 Å². The molecule has 15 heteroatoms. The lowest BCUT2D eigenvalue weighted by molar-refractivity contribution is -0.135. The Balaban J connectivity index is 0.00000139. The molecule has 4 amide bonds. The van der Waals surface area contributed by atoms with Crippen LogP contribution in [0.25, 0.3) is 55.2 Å². The average Bonchev–Trinajstić information content (AvgIpc) is 4.05. The number of aromatic nitrogens is 5. The van der Waals surface area contributed by atoms with Crippen LogP contribution in [0.15, 0.2) is 66.9 Å². The molecule has 4 heterocycles. The molecular formula is C47H61N9O6. The number of unbranched alkanes of at least 4 members (excludes halogenated alkanes) is 1. The largest absolute Gasteiger partial charge is 0.453 e. The van der Waals surface area contributed by atoms with Crippen LogP contribution in [0.3, 0.4) is 0 Å². The molecule has 1 aliphatic heterocycles. The number of hydrogen-bond acceptors (Lipinski definition) is 9. The number of nitrogens with one attached hydrogen (secondary N) is 5. The smallest absolute Gasteiger partial charge is 0.407 e. The molecule has 330 valence electrons. The maximum absolute atomic E-state index is 13.6. The Morgan fingerprint density at radius 1 is 0.806 bits per heavy atom. The normalized spacial score (nSPS) is 13.8. The Labute approximate surface area is 363 Å². The Morgan fingerprint density at radius 2 is 1.47 bits per heavy atom. The number of aryl methyl sites for hydroxylation is 1. The van der Waals surface area contributed by atoms with Gasteiger partial charge in [-0.1, -0.05) is 72.2 Å². The van der Waals surface area contributed by atoms with Crippen molar-refractivity contribution in [3.8, 4) is 22.4 Å². The third-order valence-electron chi connectivity index (χ3n) is 10.4. The second-order valence-electron chi connectivity index (χ2n) is 15.3. The maximum Gasteiger partial charge on any atom is 0.407 e. The molecule has 0 spiro atoms. The molecular weight excluding hydrogens is 787 g/mol. The highest BCUT2D eigenvalue weighted by molar-refractivity contribution is 5.92. The molecule has 5 N–H and O–H groups in total. The van der Waals surface area contributed by atoms with Crippen molar-refractivity contribution in [2.24, 2.45) is 5.92 Å². The number of likely N-dealkylation sites (tertiary alicyclic amines) is 1. The lowest BCUT2D eigenvalue weighted by Crippen LogP contribution is -2.51. The minimum Gasteiger partial charge on any atom is -0.453 e. The summed E-state index contributed by atoms with van der Waals surface area (Å²) in [6, 6.07) is 19.8. The molecule has 62 heavy (non-hydrogen) atoms. The van der Waals surface area contributed by atoms with Gasteiger partial charge in [0.2, 0.25) is 11.8 Å². The summed E-state index contributed by atoms with van der Waals surface area (Å²) in [5, 5.41) is 9.93. The molecule has 0 bridgehead atoms. The molecule has 0 saturated carbocycles. The molecule has 1 fully saturated rings. The number of ether oxygens (including phenoxy) is 2. The molecule has 1 saturated heterocycles. The minimum absolute atomic E-state index is 0.110. The summed E-state index contributed by atoms with van der Waals surface area (Å²) in [5.41, 5.74) is 7.44. The van der Waals surface area contributed by atoms with E-state index in [1.54, 1.807) is 0 Å². The van der Waals surface area contributed by atoms with E-state index in [-0.39, 0.29) is 30.3 Å². The van der Waals surface area contributed by atoms with Gasteiger partial charge in [-0.25, -0.2) is 19.6 Å². The second-order valence-corrected chi connectivity index (χ2v) is 15.3. The third kappa shape index (κ3) is 11.6. The number of pyridine rings is 1. The molecule has 2 atom stereocenters. The van der Waals surface area contributed by atoms with Crippen LogP contribution in [0.2, 0.25) is 0 Å². The summed E-state index contributed by atoms with van der Waals surface area (Å²) >= 11 is 0. The Morgan fingerprint density at radius 3 is 2.19 bits per heavy atom.